The molecule has 2 rings (SSSR count). The van der Waals surface area contributed by atoms with Gasteiger partial charge in [0.2, 0.25) is 0 Å². The molecule has 3 N–H and O–H groups in total. The molecule has 0 heterocycles. The minimum atomic E-state index is -0.856. The van der Waals surface area contributed by atoms with Gasteiger partial charge in [0, 0.05) is 19.6 Å². The number of rotatable bonds is 10. The van der Waals surface area contributed by atoms with Gasteiger partial charge < -0.3 is 20.5 Å². The third kappa shape index (κ3) is 6.58. The lowest BCUT2D eigenvalue weighted by Crippen LogP contribution is -2.49. The molecule has 0 bridgehead atoms. The standard InChI is InChI=1S/C18H26N2O4/c1-24-12-16(14-7-8-14)20-18(23)19-15(9-10-17(21)22)11-13-5-3-2-4-6-13/h2-6,14-16H,7-12H2,1H3,(H,21,22)(H2,19,20,23). The number of benzene rings is 1. The number of amides is 2. The normalized spacial score (nSPS) is 16.2. The monoisotopic (exact) mass is 334 g/mol. The lowest BCUT2D eigenvalue weighted by Gasteiger charge is -2.22. The summed E-state index contributed by atoms with van der Waals surface area (Å²) in [7, 11) is 1.63. The zero-order valence-corrected chi connectivity index (χ0v) is 14.0. The van der Waals surface area contributed by atoms with Crippen LogP contribution in [0, 0.1) is 5.92 Å². The van der Waals surface area contributed by atoms with Crippen LogP contribution in [0.1, 0.15) is 31.2 Å². The van der Waals surface area contributed by atoms with Crippen molar-refractivity contribution >= 4 is 12.0 Å². The Hall–Kier alpha value is -2.08. The Bertz CT molecular complexity index is 531. The van der Waals surface area contributed by atoms with Gasteiger partial charge in [-0.3, -0.25) is 4.79 Å². The van der Waals surface area contributed by atoms with Gasteiger partial charge >= 0.3 is 12.0 Å². The van der Waals surface area contributed by atoms with Crippen LogP contribution in [0.2, 0.25) is 0 Å². The number of carbonyl (C=O) groups excluding carboxylic acids is 1. The fourth-order valence-electron chi connectivity index (χ4n) is 2.79. The van der Waals surface area contributed by atoms with E-state index in [1.165, 1.54) is 0 Å². The van der Waals surface area contributed by atoms with Crippen LogP contribution in [-0.2, 0) is 16.0 Å². The third-order valence-corrected chi connectivity index (χ3v) is 4.22. The molecular weight excluding hydrogens is 308 g/mol. The van der Waals surface area contributed by atoms with Crippen LogP contribution in [0.25, 0.3) is 0 Å². The second-order valence-electron chi connectivity index (χ2n) is 6.34. The topological polar surface area (TPSA) is 87.7 Å². The van der Waals surface area contributed by atoms with E-state index in [9.17, 15) is 9.59 Å². The molecule has 2 unspecified atom stereocenters. The van der Waals surface area contributed by atoms with Crippen LogP contribution >= 0.6 is 0 Å². The molecule has 1 aliphatic rings. The molecule has 6 nitrogen and oxygen atoms in total. The highest BCUT2D eigenvalue weighted by Gasteiger charge is 2.32. The molecule has 1 saturated carbocycles. The number of carbonyl (C=O) groups is 2. The van der Waals surface area contributed by atoms with Crippen molar-refractivity contribution in [3.05, 3.63) is 35.9 Å². The van der Waals surface area contributed by atoms with E-state index < -0.39 is 5.97 Å². The van der Waals surface area contributed by atoms with Gasteiger partial charge in [0.25, 0.3) is 0 Å². The van der Waals surface area contributed by atoms with Crippen LogP contribution in [0.4, 0.5) is 4.79 Å². The Balaban J connectivity index is 1.90. The molecule has 2 atom stereocenters. The van der Waals surface area contributed by atoms with E-state index >= 15 is 0 Å². The van der Waals surface area contributed by atoms with Gasteiger partial charge in [-0.1, -0.05) is 30.3 Å². The largest absolute Gasteiger partial charge is 0.481 e. The van der Waals surface area contributed by atoms with Gasteiger partial charge in [-0.15, -0.1) is 0 Å². The molecule has 0 aliphatic heterocycles. The lowest BCUT2D eigenvalue weighted by molar-refractivity contribution is -0.137. The molecular formula is C18H26N2O4. The van der Waals surface area contributed by atoms with Crippen molar-refractivity contribution in [1.82, 2.24) is 10.6 Å². The van der Waals surface area contributed by atoms with Gasteiger partial charge in [0.15, 0.2) is 0 Å². The number of hydrogen-bond donors (Lipinski definition) is 3. The van der Waals surface area contributed by atoms with Crippen LogP contribution in [0.5, 0.6) is 0 Å². The smallest absolute Gasteiger partial charge is 0.315 e. The second kappa shape index (κ2) is 9.27. The van der Waals surface area contributed by atoms with E-state index in [0.29, 0.717) is 25.4 Å². The molecule has 0 spiro atoms. The van der Waals surface area contributed by atoms with Crippen LogP contribution in [-0.4, -0.2) is 42.9 Å². The number of urea groups is 1. The Labute approximate surface area is 142 Å². The maximum Gasteiger partial charge on any atom is 0.315 e. The van der Waals surface area contributed by atoms with Crippen molar-refractivity contribution < 1.29 is 19.4 Å². The summed E-state index contributed by atoms with van der Waals surface area (Å²) in [5.41, 5.74) is 1.07. The van der Waals surface area contributed by atoms with E-state index in [-0.39, 0.29) is 24.5 Å². The number of ether oxygens (including phenoxy) is 1. The zero-order valence-electron chi connectivity index (χ0n) is 14.0. The highest BCUT2D eigenvalue weighted by Crippen LogP contribution is 2.32. The number of carboxylic acids is 1. The summed E-state index contributed by atoms with van der Waals surface area (Å²) < 4.78 is 5.17. The van der Waals surface area contributed by atoms with Crippen molar-refractivity contribution in [2.75, 3.05) is 13.7 Å². The van der Waals surface area contributed by atoms with Crippen LogP contribution < -0.4 is 10.6 Å². The molecule has 1 aliphatic carbocycles. The maximum absolute atomic E-state index is 12.3. The first-order valence-electron chi connectivity index (χ1n) is 8.40. The van der Waals surface area contributed by atoms with Gasteiger partial charge in [-0.25, -0.2) is 4.79 Å². The number of carboxylic acid groups (broad SMARTS) is 1. The number of hydrogen-bond acceptors (Lipinski definition) is 3. The lowest BCUT2D eigenvalue weighted by atomic mass is 10.0. The first-order valence-corrected chi connectivity index (χ1v) is 8.40. The van der Waals surface area contributed by atoms with Crippen LogP contribution in [0.3, 0.4) is 0 Å². The third-order valence-electron chi connectivity index (χ3n) is 4.22. The molecule has 1 aromatic carbocycles. The van der Waals surface area contributed by atoms with E-state index in [2.05, 4.69) is 10.6 Å². The molecule has 1 aromatic rings. The molecule has 1 fully saturated rings. The first kappa shape index (κ1) is 18.3. The Kier molecular flexibility index (Phi) is 7.06. The average molecular weight is 334 g/mol. The molecule has 132 valence electrons. The van der Waals surface area contributed by atoms with Crippen molar-refractivity contribution in [3.8, 4) is 0 Å². The van der Waals surface area contributed by atoms with E-state index in [1.807, 2.05) is 30.3 Å². The van der Waals surface area contributed by atoms with Gasteiger partial charge in [-0.05, 0) is 37.2 Å². The minimum absolute atomic E-state index is 0.0202. The predicted octanol–water partition coefficient (Wildman–Crippen LogP) is 2.19. The molecule has 24 heavy (non-hydrogen) atoms. The summed E-state index contributed by atoms with van der Waals surface area (Å²) in [6.45, 7) is 0.497. The van der Waals surface area contributed by atoms with Crippen molar-refractivity contribution in [3.63, 3.8) is 0 Å². The highest BCUT2D eigenvalue weighted by molar-refractivity contribution is 5.75. The Morgan fingerprint density at radius 1 is 1.25 bits per heavy atom. The zero-order chi connectivity index (χ0) is 17.4. The average Bonchev–Trinajstić information content (AvgIpc) is 3.38. The van der Waals surface area contributed by atoms with E-state index in [1.54, 1.807) is 7.11 Å². The minimum Gasteiger partial charge on any atom is -0.481 e. The summed E-state index contributed by atoms with van der Waals surface area (Å²) >= 11 is 0. The number of aliphatic carboxylic acids is 1. The Morgan fingerprint density at radius 2 is 1.96 bits per heavy atom. The fraction of sp³-hybridized carbons (Fsp3) is 0.556. The summed E-state index contributed by atoms with van der Waals surface area (Å²) in [4.78, 5) is 23.1. The van der Waals surface area contributed by atoms with Gasteiger partial charge in [0.1, 0.15) is 0 Å². The van der Waals surface area contributed by atoms with Crippen molar-refractivity contribution in [2.24, 2.45) is 5.92 Å². The van der Waals surface area contributed by atoms with E-state index in [0.717, 1.165) is 18.4 Å². The molecule has 0 aromatic heterocycles. The molecule has 2 amide bonds. The van der Waals surface area contributed by atoms with Gasteiger partial charge in [0.05, 0.1) is 12.6 Å². The predicted molar refractivity (Wildman–Crippen MR) is 90.9 cm³/mol. The van der Waals surface area contributed by atoms with Crippen molar-refractivity contribution in [1.29, 1.82) is 0 Å². The first-order chi connectivity index (χ1) is 11.6. The number of methoxy groups -OCH3 is 1. The van der Waals surface area contributed by atoms with Gasteiger partial charge in [-0.2, -0.15) is 0 Å². The van der Waals surface area contributed by atoms with Crippen LogP contribution in [0.15, 0.2) is 30.3 Å². The fourth-order valence-corrected chi connectivity index (χ4v) is 2.79. The molecule has 0 radical (unpaired) electrons. The second-order valence-corrected chi connectivity index (χ2v) is 6.34. The quantitative estimate of drug-likeness (QED) is 0.612. The summed E-state index contributed by atoms with van der Waals surface area (Å²) in [6, 6.07) is 9.31. The summed E-state index contributed by atoms with van der Waals surface area (Å²) in [5, 5.41) is 14.8. The summed E-state index contributed by atoms with van der Waals surface area (Å²) in [5.74, 6) is -0.368. The molecule has 0 saturated heterocycles. The highest BCUT2D eigenvalue weighted by atomic mass is 16.5. The summed E-state index contributed by atoms with van der Waals surface area (Å²) in [6.07, 6.45) is 3.26. The Morgan fingerprint density at radius 3 is 2.54 bits per heavy atom. The van der Waals surface area contributed by atoms with Crippen molar-refractivity contribution in [2.45, 2.75) is 44.2 Å². The van der Waals surface area contributed by atoms with E-state index in [4.69, 9.17) is 9.84 Å². The molecule has 6 heteroatoms. The number of nitrogens with one attached hydrogen (secondary N) is 2. The maximum atomic E-state index is 12.3. The SMILES string of the molecule is COCC(NC(=O)NC(CCC(=O)O)Cc1ccccc1)C1CC1.